The van der Waals surface area contributed by atoms with E-state index in [-0.39, 0.29) is 24.0 Å². The van der Waals surface area contributed by atoms with Crippen LogP contribution in [0, 0.1) is 10.1 Å². The third kappa shape index (κ3) is 2.14. The van der Waals surface area contributed by atoms with Gasteiger partial charge in [0.25, 0.3) is 5.69 Å². The van der Waals surface area contributed by atoms with Crippen LogP contribution in [0.2, 0.25) is 0 Å². The van der Waals surface area contributed by atoms with E-state index in [1.165, 1.54) is 18.3 Å². The van der Waals surface area contributed by atoms with Crippen molar-refractivity contribution in [3.05, 3.63) is 53.0 Å². The summed E-state index contributed by atoms with van der Waals surface area (Å²) >= 11 is 0. The molecule has 7 nitrogen and oxygen atoms in total. The lowest BCUT2D eigenvalue weighted by Crippen LogP contribution is -1.91. The van der Waals surface area contributed by atoms with E-state index in [2.05, 4.69) is 9.97 Å². The lowest BCUT2D eigenvalue weighted by Gasteiger charge is -2.00. The van der Waals surface area contributed by atoms with E-state index in [1.807, 2.05) is 0 Å². The highest BCUT2D eigenvalue weighted by atomic mass is 35.5. The van der Waals surface area contributed by atoms with Gasteiger partial charge in [-0.25, -0.2) is 0 Å². The van der Waals surface area contributed by atoms with Gasteiger partial charge in [0.2, 0.25) is 5.88 Å². The van der Waals surface area contributed by atoms with Gasteiger partial charge in [0.15, 0.2) is 0 Å². The molecule has 0 spiro atoms. The highest BCUT2D eigenvalue weighted by molar-refractivity contribution is 5.85. The summed E-state index contributed by atoms with van der Waals surface area (Å²) in [5.74, 6) is 0.381. The maximum Gasteiger partial charge on any atom is 0.269 e. The first kappa shape index (κ1) is 13.8. The Morgan fingerprint density at radius 1 is 1.25 bits per heavy atom. The van der Waals surface area contributed by atoms with Gasteiger partial charge in [0.1, 0.15) is 11.3 Å². The fraction of sp³-hybridized carbons (Fsp3) is 0. The Hall–Kier alpha value is -2.67. The minimum absolute atomic E-state index is 0. The van der Waals surface area contributed by atoms with Crippen LogP contribution in [-0.2, 0) is 0 Å². The van der Waals surface area contributed by atoms with Crippen LogP contribution in [0.25, 0.3) is 16.9 Å². The number of imidazole rings is 1. The van der Waals surface area contributed by atoms with Gasteiger partial charge in [-0.2, -0.15) is 4.98 Å². The molecule has 0 saturated heterocycles. The Morgan fingerprint density at radius 3 is 2.60 bits per heavy atom. The standard InChI is InChI=1S/C12H8N4O3.ClH/c17-12-10-7-13-5-6-15(10)11(14-12)8-1-3-9(4-2-8)16(18)19;/h1-7,17H;1H. The van der Waals surface area contributed by atoms with E-state index in [0.29, 0.717) is 16.9 Å². The van der Waals surface area contributed by atoms with Gasteiger partial charge in [-0.3, -0.25) is 19.5 Å². The van der Waals surface area contributed by atoms with Crippen molar-refractivity contribution in [2.24, 2.45) is 0 Å². The monoisotopic (exact) mass is 292 g/mol. The van der Waals surface area contributed by atoms with Crippen LogP contribution in [0.4, 0.5) is 5.69 Å². The molecule has 0 saturated carbocycles. The highest BCUT2D eigenvalue weighted by Gasteiger charge is 2.13. The molecular weight excluding hydrogens is 284 g/mol. The molecule has 2 heterocycles. The zero-order chi connectivity index (χ0) is 13.4. The first-order valence-corrected chi connectivity index (χ1v) is 5.42. The molecule has 3 aromatic rings. The molecule has 0 unspecified atom stereocenters. The molecule has 0 atom stereocenters. The van der Waals surface area contributed by atoms with Crippen molar-refractivity contribution in [3.63, 3.8) is 0 Å². The molecule has 0 bridgehead atoms. The SMILES string of the molecule is Cl.O=[N+]([O-])c1ccc(-c2nc(O)c3cnccn23)cc1. The lowest BCUT2D eigenvalue weighted by molar-refractivity contribution is -0.384. The molecule has 3 rings (SSSR count). The number of non-ortho nitro benzene ring substituents is 1. The normalized spacial score (nSPS) is 10.2. The predicted octanol–water partition coefficient (Wildman–Crippen LogP) is 2.43. The zero-order valence-corrected chi connectivity index (χ0v) is 10.8. The van der Waals surface area contributed by atoms with Crippen LogP contribution < -0.4 is 0 Å². The van der Waals surface area contributed by atoms with E-state index in [1.54, 1.807) is 28.9 Å². The average molecular weight is 293 g/mol. The summed E-state index contributed by atoms with van der Waals surface area (Å²) in [4.78, 5) is 18.1. The summed E-state index contributed by atoms with van der Waals surface area (Å²) in [7, 11) is 0. The number of nitro groups is 1. The van der Waals surface area contributed by atoms with Gasteiger partial charge >= 0.3 is 0 Å². The molecule has 2 aromatic heterocycles. The molecular formula is C12H9ClN4O3. The number of benzene rings is 1. The van der Waals surface area contributed by atoms with Crippen LogP contribution in [0.5, 0.6) is 5.88 Å². The fourth-order valence-corrected chi connectivity index (χ4v) is 1.86. The van der Waals surface area contributed by atoms with Gasteiger partial charge < -0.3 is 5.11 Å². The summed E-state index contributed by atoms with van der Waals surface area (Å²) in [6, 6.07) is 5.98. The topological polar surface area (TPSA) is 93.6 Å². The van der Waals surface area contributed by atoms with Gasteiger partial charge in [-0.1, -0.05) is 0 Å². The predicted molar refractivity (Wildman–Crippen MR) is 74.0 cm³/mol. The molecule has 0 aliphatic heterocycles. The Morgan fingerprint density at radius 2 is 1.95 bits per heavy atom. The summed E-state index contributed by atoms with van der Waals surface area (Å²) in [6.45, 7) is 0. The van der Waals surface area contributed by atoms with E-state index < -0.39 is 4.92 Å². The summed E-state index contributed by atoms with van der Waals surface area (Å²) in [5.41, 5.74) is 1.17. The largest absolute Gasteiger partial charge is 0.492 e. The summed E-state index contributed by atoms with van der Waals surface area (Å²) < 4.78 is 1.67. The minimum Gasteiger partial charge on any atom is -0.492 e. The average Bonchev–Trinajstić information content (AvgIpc) is 2.77. The molecule has 1 N–H and O–H groups in total. The van der Waals surface area contributed by atoms with Crippen molar-refractivity contribution in [1.29, 1.82) is 0 Å². The van der Waals surface area contributed by atoms with Crippen molar-refractivity contribution < 1.29 is 10.0 Å². The maximum absolute atomic E-state index is 10.6. The van der Waals surface area contributed by atoms with Crippen molar-refractivity contribution in [1.82, 2.24) is 14.4 Å². The van der Waals surface area contributed by atoms with Crippen LogP contribution in [-0.4, -0.2) is 24.4 Å². The summed E-state index contributed by atoms with van der Waals surface area (Å²) in [6.07, 6.45) is 4.74. The second-order valence-corrected chi connectivity index (χ2v) is 3.89. The molecule has 0 radical (unpaired) electrons. The Kier molecular flexibility index (Phi) is 3.53. The van der Waals surface area contributed by atoms with Crippen LogP contribution in [0.15, 0.2) is 42.9 Å². The first-order chi connectivity index (χ1) is 9.16. The number of rotatable bonds is 2. The molecule has 1 aromatic carbocycles. The van der Waals surface area contributed by atoms with Crippen molar-refractivity contribution in [2.45, 2.75) is 0 Å². The molecule has 20 heavy (non-hydrogen) atoms. The number of aromatic nitrogens is 3. The molecule has 0 aliphatic rings. The smallest absolute Gasteiger partial charge is 0.269 e. The third-order valence-corrected chi connectivity index (χ3v) is 2.76. The van der Waals surface area contributed by atoms with E-state index in [9.17, 15) is 15.2 Å². The number of hydrogen-bond acceptors (Lipinski definition) is 5. The van der Waals surface area contributed by atoms with E-state index >= 15 is 0 Å². The highest BCUT2D eigenvalue weighted by Crippen LogP contribution is 2.26. The van der Waals surface area contributed by atoms with Gasteiger partial charge in [0, 0.05) is 30.1 Å². The van der Waals surface area contributed by atoms with E-state index in [0.717, 1.165) is 0 Å². The lowest BCUT2D eigenvalue weighted by atomic mass is 10.2. The molecule has 8 heteroatoms. The quantitative estimate of drug-likeness (QED) is 0.578. The van der Waals surface area contributed by atoms with Crippen LogP contribution in [0.3, 0.4) is 0 Å². The number of nitro benzene ring substituents is 1. The van der Waals surface area contributed by atoms with Crippen LogP contribution in [0.1, 0.15) is 0 Å². The minimum atomic E-state index is -0.463. The second kappa shape index (κ2) is 5.14. The van der Waals surface area contributed by atoms with Gasteiger partial charge in [-0.15, -0.1) is 12.4 Å². The number of nitrogens with zero attached hydrogens (tertiary/aromatic N) is 4. The number of aromatic hydroxyl groups is 1. The Balaban J connectivity index is 0.00000147. The number of halogens is 1. The van der Waals surface area contributed by atoms with Crippen LogP contribution >= 0.6 is 12.4 Å². The first-order valence-electron chi connectivity index (χ1n) is 5.42. The molecule has 102 valence electrons. The second-order valence-electron chi connectivity index (χ2n) is 3.89. The third-order valence-electron chi connectivity index (χ3n) is 2.76. The molecule has 0 fully saturated rings. The number of fused-ring (bicyclic) bond motifs is 1. The summed E-state index contributed by atoms with van der Waals surface area (Å²) in [5, 5.41) is 20.3. The van der Waals surface area contributed by atoms with Crippen molar-refractivity contribution in [2.75, 3.05) is 0 Å². The maximum atomic E-state index is 10.6. The van der Waals surface area contributed by atoms with Crippen molar-refractivity contribution in [3.8, 4) is 17.3 Å². The van der Waals surface area contributed by atoms with Crippen molar-refractivity contribution >= 4 is 23.6 Å². The molecule has 0 aliphatic carbocycles. The Bertz CT molecular complexity index is 770. The van der Waals surface area contributed by atoms with Gasteiger partial charge in [-0.05, 0) is 12.1 Å². The fourth-order valence-electron chi connectivity index (χ4n) is 1.86. The number of hydrogen-bond donors (Lipinski definition) is 1. The van der Waals surface area contributed by atoms with E-state index in [4.69, 9.17) is 0 Å². The zero-order valence-electron chi connectivity index (χ0n) is 10.0. The Labute approximate surface area is 119 Å². The molecule has 0 amide bonds. The van der Waals surface area contributed by atoms with Gasteiger partial charge in [0.05, 0.1) is 11.1 Å².